The maximum atomic E-state index is 13.0. The van der Waals surface area contributed by atoms with Crippen LogP contribution in [0.1, 0.15) is 40.3 Å². The van der Waals surface area contributed by atoms with Gasteiger partial charge >= 0.3 is 0 Å². The SMILES string of the molecule is CNS(=O)(=O)Cc1ccccc1CNC(=O)[C@H](C)NS(=O)(=O)c1c(C)c(C)cc(C)c1C. The fourth-order valence-electron chi connectivity index (χ4n) is 3.41. The van der Waals surface area contributed by atoms with Crippen LogP contribution in [0.2, 0.25) is 0 Å². The van der Waals surface area contributed by atoms with Gasteiger partial charge in [-0.15, -0.1) is 0 Å². The lowest BCUT2D eigenvalue weighted by Crippen LogP contribution is -2.44. The Morgan fingerprint density at radius 1 is 0.938 bits per heavy atom. The summed E-state index contributed by atoms with van der Waals surface area (Å²) >= 11 is 0. The Morgan fingerprint density at radius 3 is 2.00 bits per heavy atom. The molecular weight excluding hydrogens is 450 g/mol. The Balaban J connectivity index is 2.16. The van der Waals surface area contributed by atoms with Crippen molar-refractivity contribution in [3.8, 4) is 0 Å². The van der Waals surface area contributed by atoms with Crippen molar-refractivity contribution in [1.82, 2.24) is 14.8 Å². The molecule has 0 aromatic heterocycles. The summed E-state index contributed by atoms with van der Waals surface area (Å²) in [6.45, 7) is 8.74. The summed E-state index contributed by atoms with van der Waals surface area (Å²) in [5.41, 5.74) is 4.20. The third-order valence-corrected chi connectivity index (χ3v) is 8.65. The predicted molar refractivity (Wildman–Crippen MR) is 125 cm³/mol. The number of hydrogen-bond donors (Lipinski definition) is 3. The maximum Gasteiger partial charge on any atom is 0.241 e. The van der Waals surface area contributed by atoms with Crippen molar-refractivity contribution in [3.63, 3.8) is 0 Å². The minimum absolute atomic E-state index is 0.0713. The van der Waals surface area contributed by atoms with E-state index in [2.05, 4.69) is 14.8 Å². The molecule has 176 valence electrons. The molecule has 0 radical (unpaired) electrons. The van der Waals surface area contributed by atoms with E-state index in [1.165, 1.54) is 14.0 Å². The third kappa shape index (κ3) is 6.16. The second-order valence-corrected chi connectivity index (χ2v) is 11.5. The van der Waals surface area contributed by atoms with E-state index in [-0.39, 0.29) is 17.2 Å². The largest absolute Gasteiger partial charge is 0.351 e. The number of benzene rings is 2. The van der Waals surface area contributed by atoms with Crippen LogP contribution >= 0.6 is 0 Å². The standard InChI is InChI=1S/C22H31N3O5S2/c1-14-11-15(2)17(4)21(16(14)3)32(29,30)25-18(5)22(26)24-12-19-9-7-8-10-20(19)13-31(27,28)23-6/h7-11,18,23,25H,12-13H2,1-6H3,(H,24,26)/t18-/m0/s1. The van der Waals surface area contributed by atoms with Crippen LogP contribution in [0.3, 0.4) is 0 Å². The first-order valence-electron chi connectivity index (χ1n) is 10.1. The second kappa shape index (κ2) is 10.1. The summed E-state index contributed by atoms with van der Waals surface area (Å²) in [6.07, 6.45) is 0. The molecule has 1 atom stereocenters. The zero-order chi connectivity index (χ0) is 24.3. The first kappa shape index (κ1) is 26.0. The summed E-state index contributed by atoms with van der Waals surface area (Å²) in [4.78, 5) is 12.8. The van der Waals surface area contributed by atoms with Gasteiger partial charge in [-0.25, -0.2) is 21.6 Å². The van der Waals surface area contributed by atoms with Crippen LogP contribution in [-0.2, 0) is 37.1 Å². The number of nitrogens with one attached hydrogen (secondary N) is 3. The average molecular weight is 482 g/mol. The highest BCUT2D eigenvalue weighted by Crippen LogP contribution is 2.26. The monoisotopic (exact) mass is 481 g/mol. The summed E-state index contributed by atoms with van der Waals surface area (Å²) in [5.74, 6) is -0.734. The van der Waals surface area contributed by atoms with E-state index < -0.39 is 32.0 Å². The van der Waals surface area contributed by atoms with Crippen molar-refractivity contribution in [1.29, 1.82) is 0 Å². The van der Waals surface area contributed by atoms with E-state index in [9.17, 15) is 21.6 Å². The Morgan fingerprint density at radius 2 is 1.47 bits per heavy atom. The number of carbonyl (C=O) groups excluding carboxylic acids is 1. The van der Waals surface area contributed by atoms with E-state index in [1.54, 1.807) is 38.1 Å². The molecule has 0 fully saturated rings. The van der Waals surface area contributed by atoms with Crippen LogP contribution in [0, 0.1) is 27.7 Å². The normalized spacial score (nSPS) is 13.1. The molecule has 2 aromatic rings. The van der Waals surface area contributed by atoms with Gasteiger partial charge in [0.1, 0.15) is 0 Å². The van der Waals surface area contributed by atoms with Crippen molar-refractivity contribution in [2.24, 2.45) is 0 Å². The number of amides is 1. The fraction of sp³-hybridized carbons (Fsp3) is 0.409. The molecule has 10 heteroatoms. The number of carbonyl (C=O) groups is 1. The van der Waals surface area contributed by atoms with Crippen molar-refractivity contribution in [2.45, 2.75) is 57.9 Å². The molecule has 0 unspecified atom stereocenters. The van der Waals surface area contributed by atoms with Gasteiger partial charge in [-0.1, -0.05) is 30.3 Å². The van der Waals surface area contributed by atoms with E-state index >= 15 is 0 Å². The smallest absolute Gasteiger partial charge is 0.241 e. The molecule has 0 spiro atoms. The van der Waals surface area contributed by atoms with Gasteiger partial charge in [-0.3, -0.25) is 4.79 Å². The molecule has 0 aliphatic carbocycles. The van der Waals surface area contributed by atoms with Gasteiger partial charge in [0.15, 0.2) is 0 Å². The molecular formula is C22H31N3O5S2. The highest BCUT2D eigenvalue weighted by atomic mass is 32.2. The highest BCUT2D eigenvalue weighted by molar-refractivity contribution is 7.89. The van der Waals surface area contributed by atoms with Gasteiger partial charge < -0.3 is 5.32 Å². The van der Waals surface area contributed by atoms with Gasteiger partial charge in [0.05, 0.1) is 16.7 Å². The fourth-order valence-corrected chi connectivity index (χ4v) is 6.07. The summed E-state index contributed by atoms with van der Waals surface area (Å²) in [6, 6.07) is 7.77. The molecule has 2 rings (SSSR count). The maximum absolute atomic E-state index is 13.0. The first-order chi connectivity index (χ1) is 14.8. The zero-order valence-corrected chi connectivity index (χ0v) is 20.9. The molecule has 0 aliphatic rings. The van der Waals surface area contributed by atoms with Crippen LogP contribution in [0.4, 0.5) is 0 Å². The summed E-state index contributed by atoms with van der Waals surface area (Å²) in [5, 5.41) is 2.69. The lowest BCUT2D eigenvalue weighted by molar-refractivity contribution is -0.122. The van der Waals surface area contributed by atoms with Crippen LogP contribution in [0.25, 0.3) is 0 Å². The van der Waals surface area contributed by atoms with Crippen molar-refractivity contribution < 1.29 is 21.6 Å². The third-order valence-electron chi connectivity index (χ3n) is 5.52. The summed E-state index contributed by atoms with van der Waals surface area (Å²) < 4.78 is 54.6. The van der Waals surface area contributed by atoms with E-state index in [0.717, 1.165) is 11.1 Å². The average Bonchev–Trinajstić information content (AvgIpc) is 2.70. The minimum atomic E-state index is -3.93. The van der Waals surface area contributed by atoms with Gasteiger partial charge in [-0.05, 0) is 75.0 Å². The second-order valence-electron chi connectivity index (χ2n) is 7.88. The van der Waals surface area contributed by atoms with Gasteiger partial charge in [0.25, 0.3) is 0 Å². The molecule has 1 amide bonds. The lowest BCUT2D eigenvalue weighted by atomic mass is 10.0. The van der Waals surface area contributed by atoms with Crippen molar-refractivity contribution >= 4 is 26.0 Å². The topological polar surface area (TPSA) is 121 Å². The molecule has 8 nitrogen and oxygen atoms in total. The predicted octanol–water partition coefficient (Wildman–Crippen LogP) is 1.95. The molecule has 0 heterocycles. The minimum Gasteiger partial charge on any atom is -0.351 e. The van der Waals surface area contributed by atoms with Gasteiger partial charge in [-0.2, -0.15) is 4.72 Å². The van der Waals surface area contributed by atoms with Crippen LogP contribution in [0.15, 0.2) is 35.2 Å². The van der Waals surface area contributed by atoms with Crippen LogP contribution in [-0.4, -0.2) is 35.8 Å². The summed E-state index contributed by atoms with van der Waals surface area (Å²) in [7, 11) is -6.06. The molecule has 0 bridgehead atoms. The molecule has 0 saturated heterocycles. The quantitative estimate of drug-likeness (QED) is 0.505. The number of hydrogen-bond acceptors (Lipinski definition) is 5. The number of aryl methyl sites for hydroxylation is 2. The van der Waals surface area contributed by atoms with Gasteiger partial charge in [0.2, 0.25) is 26.0 Å². The van der Waals surface area contributed by atoms with E-state index in [1.807, 2.05) is 19.9 Å². The Bertz CT molecular complexity index is 1200. The first-order valence-corrected chi connectivity index (χ1v) is 13.3. The van der Waals surface area contributed by atoms with Crippen LogP contribution < -0.4 is 14.8 Å². The van der Waals surface area contributed by atoms with Crippen molar-refractivity contribution in [3.05, 3.63) is 63.7 Å². The Hall–Kier alpha value is -2.27. The highest BCUT2D eigenvalue weighted by Gasteiger charge is 2.26. The molecule has 3 N–H and O–H groups in total. The van der Waals surface area contributed by atoms with E-state index in [0.29, 0.717) is 22.3 Å². The van der Waals surface area contributed by atoms with Gasteiger partial charge in [0, 0.05) is 6.54 Å². The van der Waals surface area contributed by atoms with Crippen molar-refractivity contribution in [2.75, 3.05) is 7.05 Å². The molecule has 0 aliphatic heterocycles. The molecule has 32 heavy (non-hydrogen) atoms. The molecule has 2 aromatic carbocycles. The number of sulfonamides is 2. The Labute approximate surface area is 190 Å². The van der Waals surface area contributed by atoms with Crippen LogP contribution in [0.5, 0.6) is 0 Å². The van der Waals surface area contributed by atoms with E-state index in [4.69, 9.17) is 0 Å². The number of rotatable bonds is 9. The zero-order valence-electron chi connectivity index (χ0n) is 19.2. The molecule has 0 saturated carbocycles. The lowest BCUT2D eigenvalue weighted by Gasteiger charge is -2.19. The Kier molecular flexibility index (Phi) is 8.22.